The van der Waals surface area contributed by atoms with E-state index in [-0.39, 0.29) is 44.2 Å². The second-order valence-corrected chi connectivity index (χ2v) is 10.8. The van der Waals surface area contributed by atoms with E-state index in [2.05, 4.69) is 10.6 Å². The summed E-state index contributed by atoms with van der Waals surface area (Å²) in [5.41, 5.74) is 4.74. The maximum Gasteiger partial charge on any atom is 0.248 e. The minimum Gasteiger partial charge on any atom is -0.490 e. The highest BCUT2D eigenvalue weighted by atomic mass is 16.5. The van der Waals surface area contributed by atoms with Crippen molar-refractivity contribution in [1.82, 2.24) is 15.5 Å². The Morgan fingerprint density at radius 1 is 1.05 bits per heavy atom. The fourth-order valence-corrected chi connectivity index (χ4v) is 5.04. The first-order valence-electron chi connectivity index (χ1n) is 13.4. The van der Waals surface area contributed by atoms with Crippen LogP contribution in [-0.2, 0) is 20.8 Å². The topological polar surface area (TPSA) is 138 Å². The molecule has 1 heterocycles. The van der Waals surface area contributed by atoms with Gasteiger partial charge in [-0.05, 0) is 37.3 Å². The van der Waals surface area contributed by atoms with Crippen molar-refractivity contribution in [3.8, 4) is 5.75 Å². The molecular weight excluding hydrogens is 506 g/mol. The van der Waals surface area contributed by atoms with Crippen LogP contribution in [0.15, 0.2) is 72.8 Å². The van der Waals surface area contributed by atoms with Crippen LogP contribution in [0.3, 0.4) is 0 Å². The molecule has 3 amide bonds. The van der Waals surface area contributed by atoms with Gasteiger partial charge in [0.2, 0.25) is 17.7 Å². The summed E-state index contributed by atoms with van der Waals surface area (Å²) in [6.45, 7) is 3.25. The summed E-state index contributed by atoms with van der Waals surface area (Å²) in [5.74, 6) is -0.637. The van der Waals surface area contributed by atoms with E-state index in [9.17, 15) is 14.4 Å². The lowest BCUT2D eigenvalue weighted by molar-refractivity contribution is -0.141. The Labute approximate surface area is 234 Å². The van der Waals surface area contributed by atoms with Gasteiger partial charge in [0.15, 0.2) is 0 Å². The number of carbonyl (C=O) groups is 3. The summed E-state index contributed by atoms with van der Waals surface area (Å²) in [5, 5.41) is 16.1. The number of nitrogens with two attached hydrogens (primary N) is 1. The number of nitrogens with one attached hydrogen (secondary N) is 3. The van der Waals surface area contributed by atoms with Crippen molar-refractivity contribution in [2.75, 3.05) is 26.7 Å². The van der Waals surface area contributed by atoms with E-state index in [1.54, 1.807) is 18.7 Å². The summed E-state index contributed by atoms with van der Waals surface area (Å²) in [6.07, 6.45) is 0.509. The van der Waals surface area contributed by atoms with Gasteiger partial charge in [0.25, 0.3) is 0 Å². The lowest BCUT2D eigenvalue weighted by Crippen LogP contribution is -2.63. The Hall–Kier alpha value is -4.24. The van der Waals surface area contributed by atoms with Gasteiger partial charge in [-0.25, -0.2) is 0 Å². The summed E-state index contributed by atoms with van der Waals surface area (Å²) in [4.78, 5) is 41.7. The Kier molecular flexibility index (Phi) is 8.54. The van der Waals surface area contributed by atoms with E-state index < -0.39 is 28.8 Å². The van der Waals surface area contributed by atoms with E-state index in [1.807, 2.05) is 72.8 Å². The molecule has 0 aromatic heterocycles. The van der Waals surface area contributed by atoms with Gasteiger partial charge in [-0.3, -0.25) is 14.4 Å². The summed E-state index contributed by atoms with van der Waals surface area (Å²) in [6, 6.07) is 21.8. The van der Waals surface area contributed by atoms with Gasteiger partial charge in [-0.2, -0.15) is 0 Å². The predicted octanol–water partition coefficient (Wildman–Crippen LogP) is 2.67. The molecule has 0 spiro atoms. The number of carbonyl (C=O) groups excluding carboxylic acids is 3. The number of piperidine rings is 1. The largest absolute Gasteiger partial charge is 0.490 e. The van der Waals surface area contributed by atoms with Crippen LogP contribution in [0.5, 0.6) is 5.75 Å². The number of likely N-dealkylation sites (tertiary alicyclic amines) is 1. The quantitative estimate of drug-likeness (QED) is 0.329. The molecule has 5 N–H and O–H groups in total. The molecule has 1 aliphatic rings. The highest BCUT2D eigenvalue weighted by Gasteiger charge is 2.48. The third kappa shape index (κ3) is 6.15. The maximum atomic E-state index is 14.0. The minimum absolute atomic E-state index is 0.00584. The second-order valence-electron chi connectivity index (χ2n) is 10.8. The van der Waals surface area contributed by atoms with Crippen molar-refractivity contribution >= 4 is 34.2 Å². The van der Waals surface area contributed by atoms with Crippen molar-refractivity contribution < 1.29 is 19.1 Å². The number of fused-ring (bicyclic) bond motifs is 1. The van der Waals surface area contributed by atoms with Crippen LogP contribution in [0.2, 0.25) is 0 Å². The lowest BCUT2D eigenvalue weighted by Gasteiger charge is -2.43. The van der Waals surface area contributed by atoms with Gasteiger partial charge in [0.1, 0.15) is 23.8 Å². The fourth-order valence-electron chi connectivity index (χ4n) is 5.04. The molecule has 3 aromatic rings. The number of benzene rings is 3. The highest BCUT2D eigenvalue weighted by Crippen LogP contribution is 2.32. The van der Waals surface area contributed by atoms with E-state index in [0.29, 0.717) is 5.75 Å². The standard InChI is InChI=1S/C31H37N5O4/c1-30(2,33)28(38)35-24(19-40-25-15-9-13-22-12-7-8-14-23(22)25)27(37)36-17-16-26(32)31(20-36,29(39)34-3)18-21-10-5-4-6-11-21/h4-15,24,32H,16-20,33H2,1-3H3,(H,34,39)(H,35,38)/t24-,31-/m1/s1. The third-order valence-electron chi connectivity index (χ3n) is 7.34. The Morgan fingerprint density at radius 2 is 1.73 bits per heavy atom. The molecule has 1 aliphatic heterocycles. The first kappa shape index (κ1) is 28.8. The first-order chi connectivity index (χ1) is 19.0. The van der Waals surface area contributed by atoms with Crippen LogP contribution in [-0.4, -0.2) is 66.7 Å². The van der Waals surface area contributed by atoms with Crippen molar-refractivity contribution in [3.05, 3.63) is 78.4 Å². The van der Waals surface area contributed by atoms with E-state index in [4.69, 9.17) is 15.9 Å². The Morgan fingerprint density at radius 3 is 2.42 bits per heavy atom. The molecule has 0 unspecified atom stereocenters. The molecular formula is C31H37N5O4. The van der Waals surface area contributed by atoms with Crippen molar-refractivity contribution in [1.29, 1.82) is 5.41 Å². The van der Waals surface area contributed by atoms with Gasteiger partial charge < -0.3 is 31.4 Å². The molecule has 3 aromatic carbocycles. The molecule has 40 heavy (non-hydrogen) atoms. The number of rotatable bonds is 9. The van der Waals surface area contributed by atoms with Gasteiger partial charge >= 0.3 is 0 Å². The maximum absolute atomic E-state index is 14.0. The van der Waals surface area contributed by atoms with Crippen LogP contribution in [0.1, 0.15) is 25.8 Å². The molecule has 1 fully saturated rings. The Balaban J connectivity index is 1.62. The van der Waals surface area contributed by atoms with Crippen LogP contribution < -0.4 is 21.1 Å². The number of hydrogen-bond acceptors (Lipinski definition) is 6. The fraction of sp³-hybridized carbons (Fsp3) is 0.355. The summed E-state index contributed by atoms with van der Waals surface area (Å²) < 4.78 is 6.12. The number of amides is 3. The Bertz CT molecular complexity index is 1390. The highest BCUT2D eigenvalue weighted by molar-refractivity contribution is 6.09. The van der Waals surface area contributed by atoms with Crippen LogP contribution in [0.4, 0.5) is 0 Å². The molecule has 0 radical (unpaired) electrons. The average molecular weight is 544 g/mol. The SMILES string of the molecule is CNC(=O)[C@]1(Cc2ccccc2)CN(C(=O)[C@@H](COc2cccc3ccccc23)NC(=O)C(C)(C)N)CCC1=N. The van der Waals surface area contributed by atoms with E-state index in [1.165, 1.54) is 7.05 Å². The number of hydrogen-bond donors (Lipinski definition) is 4. The number of nitrogens with zero attached hydrogens (tertiary/aromatic N) is 1. The molecule has 9 heteroatoms. The molecule has 2 atom stereocenters. The zero-order valence-corrected chi connectivity index (χ0v) is 23.2. The summed E-state index contributed by atoms with van der Waals surface area (Å²) in [7, 11) is 1.54. The molecule has 0 aliphatic carbocycles. The summed E-state index contributed by atoms with van der Waals surface area (Å²) >= 11 is 0. The zero-order valence-electron chi connectivity index (χ0n) is 23.2. The van der Waals surface area contributed by atoms with Gasteiger partial charge in [0.05, 0.1) is 5.54 Å². The normalized spacial score (nSPS) is 18.2. The third-order valence-corrected chi connectivity index (χ3v) is 7.34. The van der Waals surface area contributed by atoms with Crippen molar-refractivity contribution in [3.63, 3.8) is 0 Å². The smallest absolute Gasteiger partial charge is 0.248 e. The number of ether oxygens (including phenoxy) is 1. The first-order valence-corrected chi connectivity index (χ1v) is 13.4. The van der Waals surface area contributed by atoms with Crippen LogP contribution >= 0.6 is 0 Å². The van der Waals surface area contributed by atoms with Crippen molar-refractivity contribution in [2.45, 2.75) is 38.3 Å². The zero-order chi connectivity index (χ0) is 28.9. The second kappa shape index (κ2) is 11.9. The van der Waals surface area contributed by atoms with Crippen LogP contribution in [0.25, 0.3) is 10.8 Å². The molecule has 1 saturated heterocycles. The molecule has 0 saturated carbocycles. The van der Waals surface area contributed by atoms with Crippen LogP contribution in [0, 0.1) is 10.8 Å². The average Bonchev–Trinajstić information content (AvgIpc) is 2.95. The van der Waals surface area contributed by atoms with E-state index >= 15 is 0 Å². The van der Waals surface area contributed by atoms with Gasteiger partial charge in [0, 0.05) is 37.7 Å². The monoisotopic (exact) mass is 543 g/mol. The van der Waals surface area contributed by atoms with Gasteiger partial charge in [-0.1, -0.05) is 66.7 Å². The molecule has 210 valence electrons. The molecule has 4 rings (SSSR count). The lowest BCUT2D eigenvalue weighted by atomic mass is 9.72. The van der Waals surface area contributed by atoms with E-state index in [0.717, 1.165) is 16.3 Å². The predicted molar refractivity (Wildman–Crippen MR) is 155 cm³/mol. The van der Waals surface area contributed by atoms with Gasteiger partial charge in [-0.15, -0.1) is 0 Å². The molecule has 9 nitrogen and oxygen atoms in total. The molecule has 0 bridgehead atoms. The minimum atomic E-state index is -1.23. The van der Waals surface area contributed by atoms with Crippen molar-refractivity contribution in [2.24, 2.45) is 11.1 Å².